The first-order chi connectivity index (χ1) is 7.90. The normalized spacial score (nSPS) is 12.0. The molecule has 1 atom stereocenters. The summed E-state index contributed by atoms with van der Waals surface area (Å²) in [7, 11) is 0. The third-order valence-electron chi connectivity index (χ3n) is 2.58. The Bertz CT molecular complexity index is 439. The van der Waals surface area contributed by atoms with Crippen molar-refractivity contribution in [1.29, 1.82) is 0 Å². The summed E-state index contributed by atoms with van der Waals surface area (Å²) in [4.78, 5) is 10.9. The van der Waals surface area contributed by atoms with Crippen LogP contribution >= 0.6 is 0 Å². The van der Waals surface area contributed by atoms with Gasteiger partial charge in [-0.15, -0.1) is 0 Å². The SMILES string of the molecule is O=NC(Cc1ccccc1)c1ccccc1. The van der Waals surface area contributed by atoms with Crippen molar-refractivity contribution in [2.45, 2.75) is 12.5 Å². The highest BCUT2D eigenvalue weighted by Gasteiger charge is 2.11. The van der Waals surface area contributed by atoms with Crippen molar-refractivity contribution >= 4 is 0 Å². The van der Waals surface area contributed by atoms with Crippen molar-refractivity contribution in [3.05, 3.63) is 76.7 Å². The molecule has 0 saturated carbocycles. The van der Waals surface area contributed by atoms with Gasteiger partial charge in [-0.05, 0) is 11.1 Å². The van der Waals surface area contributed by atoms with E-state index in [0.29, 0.717) is 6.42 Å². The van der Waals surface area contributed by atoms with Crippen LogP contribution < -0.4 is 0 Å². The van der Waals surface area contributed by atoms with Gasteiger partial charge in [0.05, 0.1) is 0 Å². The Balaban J connectivity index is 2.16. The minimum absolute atomic E-state index is 0.288. The first-order valence-electron chi connectivity index (χ1n) is 5.31. The van der Waals surface area contributed by atoms with Crippen LogP contribution in [0.2, 0.25) is 0 Å². The highest BCUT2D eigenvalue weighted by Crippen LogP contribution is 2.21. The molecule has 80 valence electrons. The van der Waals surface area contributed by atoms with Gasteiger partial charge >= 0.3 is 0 Å². The van der Waals surface area contributed by atoms with Gasteiger partial charge in [-0.2, -0.15) is 4.91 Å². The van der Waals surface area contributed by atoms with Gasteiger partial charge in [0.2, 0.25) is 0 Å². The van der Waals surface area contributed by atoms with Crippen LogP contribution in [-0.4, -0.2) is 0 Å². The van der Waals surface area contributed by atoms with Crippen LogP contribution in [0, 0.1) is 4.91 Å². The summed E-state index contributed by atoms with van der Waals surface area (Å²) in [6.07, 6.45) is 0.661. The predicted molar refractivity (Wildman–Crippen MR) is 65.1 cm³/mol. The average molecular weight is 211 g/mol. The molecule has 2 rings (SSSR count). The first kappa shape index (κ1) is 10.6. The summed E-state index contributed by atoms with van der Waals surface area (Å²) < 4.78 is 0. The molecule has 2 aromatic rings. The van der Waals surface area contributed by atoms with E-state index >= 15 is 0 Å². The first-order valence-corrected chi connectivity index (χ1v) is 5.31. The Morgan fingerprint density at radius 2 is 1.44 bits per heavy atom. The standard InChI is InChI=1S/C14H13NO/c16-15-14(13-9-5-2-6-10-13)11-12-7-3-1-4-8-12/h1-10,14H,11H2. The van der Waals surface area contributed by atoms with E-state index in [4.69, 9.17) is 0 Å². The number of benzene rings is 2. The second-order valence-electron chi connectivity index (χ2n) is 3.72. The molecule has 1 unspecified atom stereocenters. The van der Waals surface area contributed by atoms with Gasteiger partial charge in [-0.3, -0.25) is 0 Å². The molecular weight excluding hydrogens is 198 g/mol. The van der Waals surface area contributed by atoms with Crippen LogP contribution in [0.15, 0.2) is 65.8 Å². The molecule has 16 heavy (non-hydrogen) atoms. The zero-order valence-corrected chi connectivity index (χ0v) is 8.91. The van der Waals surface area contributed by atoms with E-state index in [9.17, 15) is 4.91 Å². The number of hydrogen-bond acceptors (Lipinski definition) is 2. The lowest BCUT2D eigenvalue weighted by Crippen LogP contribution is -1.99. The van der Waals surface area contributed by atoms with E-state index in [1.807, 2.05) is 60.7 Å². The van der Waals surface area contributed by atoms with Gasteiger partial charge in [0.1, 0.15) is 6.04 Å². The molecule has 0 amide bonds. The fourth-order valence-electron chi connectivity index (χ4n) is 1.73. The lowest BCUT2D eigenvalue weighted by Gasteiger charge is -2.08. The minimum Gasteiger partial charge on any atom is -0.150 e. The zero-order valence-electron chi connectivity index (χ0n) is 8.91. The highest BCUT2D eigenvalue weighted by atomic mass is 16.3. The van der Waals surface area contributed by atoms with E-state index in [2.05, 4.69) is 5.18 Å². The largest absolute Gasteiger partial charge is 0.150 e. The molecule has 0 N–H and O–H groups in total. The van der Waals surface area contributed by atoms with Crippen LogP contribution in [0.25, 0.3) is 0 Å². The molecule has 2 nitrogen and oxygen atoms in total. The van der Waals surface area contributed by atoms with Crippen molar-refractivity contribution in [1.82, 2.24) is 0 Å². The van der Waals surface area contributed by atoms with Crippen LogP contribution in [0.5, 0.6) is 0 Å². The monoisotopic (exact) mass is 211 g/mol. The summed E-state index contributed by atoms with van der Waals surface area (Å²) in [6.45, 7) is 0. The number of rotatable bonds is 4. The third kappa shape index (κ3) is 2.54. The third-order valence-corrected chi connectivity index (χ3v) is 2.58. The number of nitroso groups, excluding NO2 is 1. The van der Waals surface area contributed by atoms with Crippen LogP contribution in [0.3, 0.4) is 0 Å². The van der Waals surface area contributed by atoms with E-state index in [1.165, 1.54) is 0 Å². The Labute approximate surface area is 94.9 Å². The molecule has 0 radical (unpaired) electrons. The maximum absolute atomic E-state index is 10.9. The Morgan fingerprint density at radius 3 is 2.00 bits per heavy atom. The van der Waals surface area contributed by atoms with E-state index < -0.39 is 0 Å². The molecule has 0 aromatic heterocycles. The maximum atomic E-state index is 10.9. The molecule has 0 spiro atoms. The molecule has 0 aliphatic heterocycles. The van der Waals surface area contributed by atoms with Crippen LogP contribution in [-0.2, 0) is 6.42 Å². The molecule has 2 aromatic carbocycles. The van der Waals surface area contributed by atoms with E-state index in [-0.39, 0.29) is 6.04 Å². The smallest absolute Gasteiger partial charge is 0.121 e. The van der Waals surface area contributed by atoms with Crippen molar-refractivity contribution < 1.29 is 0 Å². The van der Waals surface area contributed by atoms with Crippen molar-refractivity contribution in [3.8, 4) is 0 Å². The van der Waals surface area contributed by atoms with Crippen LogP contribution in [0.4, 0.5) is 0 Å². The summed E-state index contributed by atoms with van der Waals surface area (Å²) in [5, 5.41) is 3.20. The molecule has 0 bridgehead atoms. The number of nitrogens with zero attached hydrogens (tertiary/aromatic N) is 1. The Kier molecular flexibility index (Phi) is 3.44. The minimum atomic E-state index is -0.288. The number of hydrogen-bond donors (Lipinski definition) is 0. The van der Waals surface area contributed by atoms with Gasteiger partial charge in [0.25, 0.3) is 0 Å². The molecular formula is C14H13NO. The maximum Gasteiger partial charge on any atom is 0.121 e. The highest BCUT2D eigenvalue weighted by molar-refractivity contribution is 5.23. The molecule has 0 aliphatic carbocycles. The van der Waals surface area contributed by atoms with Gasteiger partial charge in [0, 0.05) is 6.42 Å². The Hall–Kier alpha value is -1.96. The average Bonchev–Trinajstić information content (AvgIpc) is 2.38. The second-order valence-corrected chi connectivity index (χ2v) is 3.72. The quantitative estimate of drug-likeness (QED) is 0.708. The van der Waals surface area contributed by atoms with Crippen LogP contribution in [0.1, 0.15) is 17.2 Å². The lowest BCUT2D eigenvalue weighted by molar-refractivity contribution is 0.718. The van der Waals surface area contributed by atoms with Gasteiger partial charge < -0.3 is 0 Å². The Morgan fingerprint density at radius 1 is 0.875 bits per heavy atom. The summed E-state index contributed by atoms with van der Waals surface area (Å²) in [5.74, 6) is 0. The summed E-state index contributed by atoms with van der Waals surface area (Å²) >= 11 is 0. The van der Waals surface area contributed by atoms with Crippen molar-refractivity contribution in [2.75, 3.05) is 0 Å². The zero-order chi connectivity index (χ0) is 11.2. The summed E-state index contributed by atoms with van der Waals surface area (Å²) in [5.41, 5.74) is 2.11. The van der Waals surface area contributed by atoms with Crippen molar-refractivity contribution in [2.24, 2.45) is 5.18 Å². The van der Waals surface area contributed by atoms with Gasteiger partial charge in [-0.25, -0.2) is 0 Å². The lowest BCUT2D eigenvalue weighted by atomic mass is 10.00. The fourth-order valence-corrected chi connectivity index (χ4v) is 1.73. The van der Waals surface area contributed by atoms with E-state index in [0.717, 1.165) is 11.1 Å². The molecule has 0 aliphatic rings. The van der Waals surface area contributed by atoms with Gasteiger partial charge in [-0.1, -0.05) is 65.8 Å². The molecule has 0 fully saturated rings. The molecule has 2 heteroatoms. The van der Waals surface area contributed by atoms with Gasteiger partial charge in [0.15, 0.2) is 0 Å². The topological polar surface area (TPSA) is 29.4 Å². The second kappa shape index (κ2) is 5.21. The molecule has 0 saturated heterocycles. The summed E-state index contributed by atoms with van der Waals surface area (Å²) in [6, 6.07) is 19.3. The fraction of sp³-hybridized carbons (Fsp3) is 0.143. The van der Waals surface area contributed by atoms with E-state index in [1.54, 1.807) is 0 Å². The van der Waals surface area contributed by atoms with Crippen molar-refractivity contribution in [3.63, 3.8) is 0 Å². The molecule has 0 heterocycles. The predicted octanol–water partition coefficient (Wildman–Crippen LogP) is 3.74.